The van der Waals surface area contributed by atoms with Crippen LogP contribution in [0.5, 0.6) is 11.5 Å². The zero-order valence-electron chi connectivity index (χ0n) is 20.3. The molecular formula is C25H32N6O3. The molecule has 3 N–H and O–H groups in total. The highest BCUT2D eigenvalue weighted by molar-refractivity contribution is 6.02. The molecule has 0 aliphatic rings. The summed E-state index contributed by atoms with van der Waals surface area (Å²) >= 11 is 0. The Morgan fingerprint density at radius 1 is 1.18 bits per heavy atom. The number of anilines is 2. The number of nitrogens with zero attached hydrogens (tertiary/aromatic N) is 4. The van der Waals surface area contributed by atoms with Crippen molar-refractivity contribution < 1.29 is 9.47 Å². The lowest BCUT2D eigenvalue weighted by atomic mass is 10.1. The maximum absolute atomic E-state index is 13.3. The number of methoxy groups -OCH3 is 2. The van der Waals surface area contributed by atoms with Crippen molar-refractivity contribution in [1.82, 2.24) is 14.9 Å². The lowest BCUT2D eigenvalue weighted by molar-refractivity contribution is 0.394. The topological polar surface area (TPSA) is 107 Å². The van der Waals surface area contributed by atoms with Crippen molar-refractivity contribution in [3.63, 3.8) is 0 Å². The Morgan fingerprint density at radius 3 is 2.47 bits per heavy atom. The Kier molecular flexibility index (Phi) is 8.26. The predicted octanol–water partition coefficient (Wildman–Crippen LogP) is 3.01. The van der Waals surface area contributed by atoms with E-state index < -0.39 is 0 Å². The molecule has 0 aliphatic carbocycles. The van der Waals surface area contributed by atoms with Gasteiger partial charge in [0.2, 0.25) is 0 Å². The van der Waals surface area contributed by atoms with Gasteiger partial charge in [0, 0.05) is 68.2 Å². The van der Waals surface area contributed by atoms with Crippen LogP contribution in [-0.2, 0) is 0 Å². The first-order chi connectivity index (χ1) is 16.4. The largest absolute Gasteiger partial charge is 0.497 e. The fourth-order valence-electron chi connectivity index (χ4n) is 3.60. The Morgan fingerprint density at radius 2 is 1.88 bits per heavy atom. The van der Waals surface area contributed by atoms with Crippen molar-refractivity contribution in [3.8, 4) is 11.5 Å². The molecule has 1 heterocycles. The molecule has 1 aromatic heterocycles. The molecule has 0 amide bonds. The summed E-state index contributed by atoms with van der Waals surface area (Å²) in [5, 5.41) is 3.92. The summed E-state index contributed by atoms with van der Waals surface area (Å²) in [6.45, 7) is 5.60. The van der Waals surface area contributed by atoms with Crippen LogP contribution in [0.2, 0.25) is 0 Å². The standard InChI is InChI=1S/C25H32N6O3/c1-17(2)28-8-9-30(19-10-21(33-4)13-22(11-19)34-5)18-6-7-24-23(12-18)25(32)31(16-29-24)20(14-26)15-27-3/h6-7,10-17,28H,8-9,26H2,1-5H3. The van der Waals surface area contributed by atoms with E-state index in [0.29, 0.717) is 40.7 Å². The van der Waals surface area contributed by atoms with Gasteiger partial charge in [-0.2, -0.15) is 0 Å². The van der Waals surface area contributed by atoms with Crippen molar-refractivity contribution in [3.05, 3.63) is 59.3 Å². The third kappa shape index (κ3) is 5.55. The Hall–Kier alpha value is -3.85. The molecule has 0 atom stereocenters. The SMILES string of the molecule is CN=CC(=CN)n1cnc2ccc(N(CCNC(C)C)c3cc(OC)cc(OC)c3)cc2c1=O. The summed E-state index contributed by atoms with van der Waals surface area (Å²) in [6, 6.07) is 11.7. The highest BCUT2D eigenvalue weighted by Crippen LogP contribution is 2.33. The predicted molar refractivity (Wildman–Crippen MR) is 139 cm³/mol. The molecule has 0 unspecified atom stereocenters. The molecule has 0 spiro atoms. The number of aromatic nitrogens is 2. The van der Waals surface area contributed by atoms with Gasteiger partial charge in [-0.15, -0.1) is 0 Å². The average Bonchev–Trinajstić information content (AvgIpc) is 2.85. The van der Waals surface area contributed by atoms with E-state index in [4.69, 9.17) is 15.2 Å². The summed E-state index contributed by atoms with van der Waals surface area (Å²) in [5.74, 6) is 1.36. The number of benzene rings is 2. The van der Waals surface area contributed by atoms with Crippen LogP contribution in [0.4, 0.5) is 11.4 Å². The maximum Gasteiger partial charge on any atom is 0.265 e. The number of aliphatic imine (C=N–C) groups is 1. The first-order valence-electron chi connectivity index (χ1n) is 11.0. The van der Waals surface area contributed by atoms with E-state index in [2.05, 4.69) is 34.0 Å². The molecular weight excluding hydrogens is 432 g/mol. The minimum Gasteiger partial charge on any atom is -0.497 e. The minimum atomic E-state index is -0.230. The monoisotopic (exact) mass is 464 g/mol. The molecule has 2 aromatic carbocycles. The zero-order valence-corrected chi connectivity index (χ0v) is 20.3. The van der Waals surface area contributed by atoms with Crippen molar-refractivity contribution in [2.75, 3.05) is 39.3 Å². The van der Waals surface area contributed by atoms with Crippen LogP contribution in [-0.4, -0.2) is 56.2 Å². The van der Waals surface area contributed by atoms with Crippen LogP contribution < -0.4 is 31.0 Å². The number of ether oxygens (including phenoxy) is 2. The number of hydrogen-bond donors (Lipinski definition) is 2. The zero-order chi connectivity index (χ0) is 24.7. The fourth-order valence-corrected chi connectivity index (χ4v) is 3.60. The van der Waals surface area contributed by atoms with Crippen molar-refractivity contribution in [1.29, 1.82) is 0 Å². The average molecular weight is 465 g/mol. The van der Waals surface area contributed by atoms with E-state index in [0.717, 1.165) is 17.9 Å². The molecule has 0 saturated heterocycles. The van der Waals surface area contributed by atoms with E-state index in [1.54, 1.807) is 21.3 Å². The molecule has 180 valence electrons. The summed E-state index contributed by atoms with van der Waals surface area (Å²) in [4.78, 5) is 23.8. The third-order valence-electron chi connectivity index (χ3n) is 5.30. The Bertz CT molecular complexity index is 1230. The summed E-state index contributed by atoms with van der Waals surface area (Å²) in [6.07, 6.45) is 4.31. The fraction of sp³-hybridized carbons (Fsp3) is 0.320. The molecule has 0 aliphatic heterocycles. The lowest BCUT2D eigenvalue weighted by Crippen LogP contribution is -2.32. The van der Waals surface area contributed by atoms with Crippen LogP contribution in [0.3, 0.4) is 0 Å². The van der Waals surface area contributed by atoms with Gasteiger partial charge in [-0.05, 0) is 18.2 Å². The van der Waals surface area contributed by atoms with Gasteiger partial charge in [0.05, 0.1) is 30.8 Å². The van der Waals surface area contributed by atoms with Crippen LogP contribution in [0.25, 0.3) is 16.6 Å². The normalized spacial score (nSPS) is 12.0. The third-order valence-corrected chi connectivity index (χ3v) is 5.30. The number of rotatable bonds is 10. The molecule has 3 aromatic rings. The van der Waals surface area contributed by atoms with Crippen LogP contribution in [0.1, 0.15) is 13.8 Å². The smallest absolute Gasteiger partial charge is 0.265 e. The van der Waals surface area contributed by atoms with Gasteiger partial charge in [-0.1, -0.05) is 13.8 Å². The van der Waals surface area contributed by atoms with E-state index in [9.17, 15) is 4.79 Å². The number of nitrogens with one attached hydrogen (secondary N) is 1. The van der Waals surface area contributed by atoms with E-state index in [1.165, 1.54) is 23.3 Å². The Labute approximate surface area is 199 Å². The number of hydrogen-bond acceptors (Lipinski definition) is 8. The van der Waals surface area contributed by atoms with Crippen LogP contribution >= 0.6 is 0 Å². The highest BCUT2D eigenvalue weighted by Gasteiger charge is 2.15. The summed E-state index contributed by atoms with van der Waals surface area (Å²) < 4.78 is 12.3. The molecule has 3 rings (SSSR count). The molecule has 9 nitrogen and oxygen atoms in total. The lowest BCUT2D eigenvalue weighted by Gasteiger charge is -2.27. The highest BCUT2D eigenvalue weighted by atomic mass is 16.5. The molecule has 0 saturated carbocycles. The van der Waals surface area contributed by atoms with Gasteiger partial charge in [0.15, 0.2) is 0 Å². The van der Waals surface area contributed by atoms with Crippen LogP contribution in [0.15, 0.2) is 58.7 Å². The maximum atomic E-state index is 13.3. The number of nitrogens with two attached hydrogens (primary N) is 1. The van der Waals surface area contributed by atoms with Gasteiger partial charge in [0.25, 0.3) is 5.56 Å². The van der Waals surface area contributed by atoms with Gasteiger partial charge in [-0.3, -0.25) is 14.4 Å². The van der Waals surface area contributed by atoms with Gasteiger partial charge < -0.3 is 25.4 Å². The van der Waals surface area contributed by atoms with E-state index >= 15 is 0 Å². The number of fused-ring (bicyclic) bond motifs is 1. The second-order valence-electron chi connectivity index (χ2n) is 7.93. The van der Waals surface area contributed by atoms with Crippen molar-refractivity contribution in [2.24, 2.45) is 10.7 Å². The first-order valence-corrected chi connectivity index (χ1v) is 11.0. The quantitative estimate of drug-likeness (QED) is 0.444. The summed E-state index contributed by atoms with van der Waals surface area (Å²) in [7, 11) is 4.86. The Balaban J connectivity index is 2.15. The molecule has 34 heavy (non-hydrogen) atoms. The summed E-state index contributed by atoms with van der Waals surface area (Å²) in [5.41, 5.74) is 8.25. The molecule has 9 heteroatoms. The second-order valence-corrected chi connectivity index (χ2v) is 7.93. The van der Waals surface area contributed by atoms with Crippen molar-refractivity contribution >= 4 is 34.2 Å². The van der Waals surface area contributed by atoms with E-state index in [-0.39, 0.29) is 5.56 Å². The van der Waals surface area contributed by atoms with Gasteiger partial charge >= 0.3 is 0 Å². The van der Waals surface area contributed by atoms with Crippen molar-refractivity contribution in [2.45, 2.75) is 19.9 Å². The number of allylic oxidation sites excluding steroid dienone is 1. The molecule has 0 radical (unpaired) electrons. The molecule has 0 bridgehead atoms. The first kappa shape index (κ1) is 24.8. The van der Waals surface area contributed by atoms with Gasteiger partial charge in [0.1, 0.15) is 17.8 Å². The minimum absolute atomic E-state index is 0.230. The van der Waals surface area contributed by atoms with Gasteiger partial charge in [-0.25, -0.2) is 4.98 Å². The molecule has 0 fully saturated rings. The van der Waals surface area contributed by atoms with E-state index in [1.807, 2.05) is 36.4 Å². The van der Waals surface area contributed by atoms with Crippen LogP contribution in [0, 0.1) is 0 Å². The second kappa shape index (κ2) is 11.3.